The Kier molecular flexibility index (Phi) is 5.20. The Hall–Kier alpha value is -0.320. The average molecular weight is 195 g/mol. The summed E-state index contributed by atoms with van der Waals surface area (Å²) in [5, 5.41) is 0. The van der Waals surface area contributed by atoms with Gasteiger partial charge in [0.2, 0.25) is 5.91 Å². The highest BCUT2D eigenvalue weighted by Crippen LogP contribution is 2.07. The summed E-state index contributed by atoms with van der Waals surface area (Å²) in [6, 6.07) is 0.0272. The fourth-order valence-electron chi connectivity index (χ4n) is 1.22. The average Bonchev–Trinajstić information content (AvgIpc) is 2.26. The van der Waals surface area contributed by atoms with Gasteiger partial charge >= 0.3 is 0 Å². The molecule has 0 radical (unpaired) electrons. The van der Waals surface area contributed by atoms with Crippen LogP contribution in [0.15, 0.2) is 0 Å². The van der Waals surface area contributed by atoms with Gasteiger partial charge in [0, 0.05) is 32.7 Å². The van der Waals surface area contributed by atoms with Crippen molar-refractivity contribution in [3.8, 4) is 0 Å². The molecule has 1 rings (SSSR count). The third-order valence-corrected chi connectivity index (χ3v) is 1.81. The maximum Gasteiger partial charge on any atom is 0.224 e. The van der Waals surface area contributed by atoms with E-state index in [1.54, 1.807) is 12.0 Å². The zero-order chi connectivity index (χ0) is 8.27. The first kappa shape index (κ1) is 11.7. The normalized spacial score (nSPS) is 22.7. The first-order valence-electron chi connectivity index (χ1n) is 3.76. The minimum Gasteiger partial charge on any atom is -0.383 e. The third-order valence-electron chi connectivity index (χ3n) is 1.81. The van der Waals surface area contributed by atoms with Crippen LogP contribution in [0.4, 0.5) is 0 Å². The van der Waals surface area contributed by atoms with Crippen LogP contribution < -0.4 is 5.73 Å². The van der Waals surface area contributed by atoms with Crippen molar-refractivity contribution in [3.63, 3.8) is 0 Å². The molecule has 0 spiro atoms. The lowest BCUT2D eigenvalue weighted by Gasteiger charge is -2.14. The minimum atomic E-state index is 0. The van der Waals surface area contributed by atoms with Gasteiger partial charge < -0.3 is 15.4 Å². The quantitative estimate of drug-likeness (QED) is 0.666. The molecule has 1 unspecified atom stereocenters. The first-order chi connectivity index (χ1) is 5.24. The van der Waals surface area contributed by atoms with Crippen LogP contribution >= 0.6 is 12.4 Å². The maximum atomic E-state index is 11.1. The number of nitrogens with zero attached hydrogens (tertiary/aromatic N) is 1. The molecule has 72 valence electrons. The van der Waals surface area contributed by atoms with Crippen molar-refractivity contribution in [1.82, 2.24) is 4.90 Å². The summed E-state index contributed by atoms with van der Waals surface area (Å²) in [6.07, 6.45) is 0.490. The predicted octanol–water partition coefficient (Wildman–Crippen LogP) is -0.386. The van der Waals surface area contributed by atoms with Crippen molar-refractivity contribution in [2.75, 3.05) is 26.8 Å². The van der Waals surface area contributed by atoms with Crippen molar-refractivity contribution >= 4 is 18.3 Å². The van der Waals surface area contributed by atoms with Crippen molar-refractivity contribution < 1.29 is 9.53 Å². The number of nitrogens with two attached hydrogens (primary N) is 1. The molecule has 1 saturated heterocycles. The van der Waals surface area contributed by atoms with Gasteiger partial charge in [-0.25, -0.2) is 0 Å². The summed E-state index contributed by atoms with van der Waals surface area (Å²) < 4.78 is 4.85. The smallest absolute Gasteiger partial charge is 0.224 e. The standard InChI is InChI=1S/C7H14N2O2.ClH/c1-11-3-2-9-5-6(8)4-7(9)10;/h6H,2-5,8H2,1H3;1H. The molecule has 1 heterocycles. The number of hydrogen-bond acceptors (Lipinski definition) is 3. The summed E-state index contributed by atoms with van der Waals surface area (Å²) in [7, 11) is 1.63. The lowest BCUT2D eigenvalue weighted by Crippen LogP contribution is -2.31. The van der Waals surface area contributed by atoms with E-state index in [-0.39, 0.29) is 24.4 Å². The highest BCUT2D eigenvalue weighted by molar-refractivity contribution is 5.85. The van der Waals surface area contributed by atoms with Gasteiger partial charge in [-0.15, -0.1) is 12.4 Å². The molecule has 1 atom stereocenters. The van der Waals surface area contributed by atoms with Crippen LogP contribution in [0.5, 0.6) is 0 Å². The van der Waals surface area contributed by atoms with E-state index >= 15 is 0 Å². The molecule has 1 aliphatic rings. The van der Waals surface area contributed by atoms with E-state index in [1.807, 2.05) is 0 Å². The van der Waals surface area contributed by atoms with Crippen molar-refractivity contribution in [1.29, 1.82) is 0 Å². The fraction of sp³-hybridized carbons (Fsp3) is 0.857. The van der Waals surface area contributed by atoms with Crippen LogP contribution in [0.2, 0.25) is 0 Å². The Morgan fingerprint density at radius 2 is 2.42 bits per heavy atom. The molecule has 5 heteroatoms. The first-order valence-corrected chi connectivity index (χ1v) is 3.76. The number of likely N-dealkylation sites (tertiary alicyclic amines) is 1. The zero-order valence-corrected chi connectivity index (χ0v) is 7.97. The molecule has 1 amide bonds. The van der Waals surface area contributed by atoms with Gasteiger partial charge in [-0.3, -0.25) is 4.79 Å². The number of carbonyl (C=O) groups excluding carboxylic acids is 1. The second kappa shape index (κ2) is 5.35. The Labute approximate surface area is 78.5 Å². The highest BCUT2D eigenvalue weighted by atomic mass is 35.5. The summed E-state index contributed by atoms with van der Waals surface area (Å²) in [5.74, 6) is 0.148. The molecule has 1 aliphatic heterocycles. The number of methoxy groups -OCH3 is 1. The van der Waals surface area contributed by atoms with E-state index in [2.05, 4.69) is 0 Å². The molecule has 4 nitrogen and oxygen atoms in total. The molecular weight excluding hydrogens is 180 g/mol. The van der Waals surface area contributed by atoms with Crippen LogP contribution in [-0.4, -0.2) is 43.7 Å². The Balaban J connectivity index is 0.00000121. The van der Waals surface area contributed by atoms with Crippen LogP contribution in [0, 0.1) is 0 Å². The lowest BCUT2D eigenvalue weighted by atomic mass is 10.3. The molecule has 0 saturated carbocycles. The summed E-state index contributed by atoms with van der Waals surface area (Å²) in [4.78, 5) is 12.8. The monoisotopic (exact) mass is 194 g/mol. The van der Waals surface area contributed by atoms with Gasteiger partial charge in [0.1, 0.15) is 0 Å². The van der Waals surface area contributed by atoms with Gasteiger partial charge in [0.25, 0.3) is 0 Å². The number of ether oxygens (including phenoxy) is 1. The number of amides is 1. The van der Waals surface area contributed by atoms with Gasteiger partial charge in [0.15, 0.2) is 0 Å². The number of carbonyl (C=O) groups is 1. The number of rotatable bonds is 3. The van der Waals surface area contributed by atoms with Crippen LogP contribution in [0.1, 0.15) is 6.42 Å². The topological polar surface area (TPSA) is 55.6 Å². The maximum absolute atomic E-state index is 11.1. The van der Waals surface area contributed by atoms with Crippen LogP contribution in [0.3, 0.4) is 0 Å². The van der Waals surface area contributed by atoms with Crippen LogP contribution in [-0.2, 0) is 9.53 Å². The van der Waals surface area contributed by atoms with Crippen molar-refractivity contribution in [2.45, 2.75) is 12.5 Å². The third kappa shape index (κ3) is 2.97. The Morgan fingerprint density at radius 1 is 1.75 bits per heavy atom. The molecule has 0 aromatic heterocycles. The summed E-state index contributed by atoms with van der Waals surface area (Å²) >= 11 is 0. The Bertz CT molecular complexity index is 154. The Morgan fingerprint density at radius 3 is 2.83 bits per heavy atom. The summed E-state index contributed by atoms with van der Waals surface area (Å²) in [6.45, 7) is 1.95. The largest absolute Gasteiger partial charge is 0.383 e. The molecule has 1 fully saturated rings. The summed E-state index contributed by atoms with van der Waals surface area (Å²) in [5.41, 5.74) is 5.58. The second-order valence-electron chi connectivity index (χ2n) is 2.80. The van der Waals surface area contributed by atoms with E-state index in [9.17, 15) is 4.79 Å². The van der Waals surface area contributed by atoms with E-state index in [4.69, 9.17) is 10.5 Å². The molecule has 12 heavy (non-hydrogen) atoms. The van der Waals surface area contributed by atoms with Crippen molar-refractivity contribution in [2.24, 2.45) is 5.73 Å². The van der Waals surface area contributed by atoms with E-state index in [1.165, 1.54) is 0 Å². The lowest BCUT2D eigenvalue weighted by molar-refractivity contribution is -0.128. The molecular formula is C7H15ClN2O2. The van der Waals surface area contributed by atoms with Gasteiger partial charge in [-0.2, -0.15) is 0 Å². The zero-order valence-electron chi connectivity index (χ0n) is 7.16. The minimum absolute atomic E-state index is 0. The van der Waals surface area contributed by atoms with Crippen LogP contribution in [0.25, 0.3) is 0 Å². The molecule has 0 aromatic carbocycles. The van der Waals surface area contributed by atoms with E-state index < -0.39 is 0 Å². The van der Waals surface area contributed by atoms with E-state index in [0.717, 1.165) is 0 Å². The molecule has 2 N–H and O–H groups in total. The van der Waals surface area contributed by atoms with Crippen molar-refractivity contribution in [3.05, 3.63) is 0 Å². The van der Waals surface area contributed by atoms with Gasteiger partial charge in [-0.1, -0.05) is 0 Å². The predicted molar refractivity (Wildman–Crippen MR) is 48.3 cm³/mol. The molecule has 0 aliphatic carbocycles. The van der Waals surface area contributed by atoms with E-state index in [0.29, 0.717) is 26.1 Å². The van der Waals surface area contributed by atoms with Gasteiger partial charge in [0.05, 0.1) is 6.61 Å². The SMILES string of the molecule is COCCN1CC(N)CC1=O.Cl. The van der Waals surface area contributed by atoms with Gasteiger partial charge in [-0.05, 0) is 0 Å². The molecule has 0 bridgehead atoms. The molecule has 0 aromatic rings. The highest BCUT2D eigenvalue weighted by Gasteiger charge is 2.25. The fourth-order valence-corrected chi connectivity index (χ4v) is 1.22. The number of halogens is 1. The number of hydrogen-bond donors (Lipinski definition) is 1. The second-order valence-corrected chi connectivity index (χ2v) is 2.80.